The van der Waals surface area contributed by atoms with Crippen molar-refractivity contribution in [1.82, 2.24) is 14.8 Å². The van der Waals surface area contributed by atoms with Crippen molar-refractivity contribution in [3.8, 4) is 17.2 Å². The minimum absolute atomic E-state index is 0.0470. The Morgan fingerprint density at radius 1 is 1.00 bits per heavy atom. The second kappa shape index (κ2) is 11.0. The highest BCUT2D eigenvalue weighted by Gasteiger charge is 2.33. The first kappa shape index (κ1) is 25.4. The van der Waals surface area contributed by atoms with E-state index < -0.39 is 0 Å². The minimum Gasteiger partial charge on any atom is -0.496 e. The lowest BCUT2D eigenvalue weighted by Gasteiger charge is -2.32. The van der Waals surface area contributed by atoms with Crippen LogP contribution in [0.25, 0.3) is 0 Å². The van der Waals surface area contributed by atoms with E-state index in [-0.39, 0.29) is 30.4 Å². The molecule has 0 saturated heterocycles. The predicted molar refractivity (Wildman–Crippen MR) is 145 cm³/mol. The third-order valence-corrected chi connectivity index (χ3v) is 6.77. The van der Waals surface area contributed by atoms with E-state index in [1.54, 1.807) is 38.1 Å². The number of fused-ring (bicyclic) bond motifs is 1. The molecule has 1 amide bonds. The average molecular weight is 534 g/mol. The highest BCUT2D eigenvalue weighted by atomic mass is 35.5. The molecule has 1 aliphatic heterocycles. The monoisotopic (exact) mass is 533 g/mol. The molecule has 196 valence electrons. The Labute approximate surface area is 225 Å². The second-order valence-electron chi connectivity index (χ2n) is 8.86. The van der Waals surface area contributed by atoms with Crippen molar-refractivity contribution in [2.75, 3.05) is 32.0 Å². The van der Waals surface area contributed by atoms with E-state index in [0.717, 1.165) is 22.4 Å². The van der Waals surface area contributed by atoms with Crippen LogP contribution in [0.1, 0.15) is 35.2 Å². The first-order valence-corrected chi connectivity index (χ1v) is 12.5. The summed E-state index contributed by atoms with van der Waals surface area (Å²) in [5.74, 6) is 2.44. The lowest BCUT2D eigenvalue weighted by Crippen LogP contribution is -2.28. The van der Waals surface area contributed by atoms with Crippen LogP contribution in [0.3, 0.4) is 0 Å². The summed E-state index contributed by atoms with van der Waals surface area (Å²) >= 11 is 6.12. The van der Waals surface area contributed by atoms with Gasteiger partial charge in [0.2, 0.25) is 11.9 Å². The molecule has 0 spiro atoms. The first-order chi connectivity index (χ1) is 18.5. The highest BCUT2D eigenvalue weighted by molar-refractivity contribution is 6.30. The van der Waals surface area contributed by atoms with Gasteiger partial charge in [-0.05, 0) is 47.9 Å². The zero-order valence-corrected chi connectivity index (χ0v) is 22.0. The summed E-state index contributed by atoms with van der Waals surface area (Å²) in [6, 6.07) is 20.7. The third kappa shape index (κ3) is 5.24. The van der Waals surface area contributed by atoms with Crippen molar-refractivity contribution in [2.45, 2.75) is 24.9 Å². The summed E-state index contributed by atoms with van der Waals surface area (Å²) < 4.78 is 18.1. The normalized spacial score (nSPS) is 16.2. The van der Waals surface area contributed by atoms with Gasteiger partial charge in [-0.15, -0.1) is 5.10 Å². The van der Waals surface area contributed by atoms with Gasteiger partial charge in [0.05, 0.1) is 39.8 Å². The van der Waals surface area contributed by atoms with Gasteiger partial charge in [-0.3, -0.25) is 10.1 Å². The number of hydrogen-bond acceptors (Lipinski definition) is 7. The lowest BCUT2D eigenvalue weighted by molar-refractivity contribution is -0.115. The SMILES string of the molecule is COc1ccc(CC(=O)Nc2nc3n(n2)C(c2ccccc2OC)CC(c2ccc(Cl)cc2)N3)cc1OC. The number of rotatable bonds is 8. The number of nitrogens with one attached hydrogen (secondary N) is 2. The lowest BCUT2D eigenvalue weighted by atomic mass is 9.93. The Bertz CT molecular complexity index is 1440. The molecular formula is C28H28ClN5O4. The standard InChI is InChI=1S/C28H28ClN5O4/c1-36-23-7-5-4-6-20(23)22-16-21(18-9-11-19(29)12-10-18)30-28-32-27(33-34(22)28)31-26(35)15-17-8-13-24(37-2)25(14-17)38-3/h4-14,21-22H,15-16H2,1-3H3,(H2,30,31,32,33,35). The van der Waals surface area contributed by atoms with Gasteiger partial charge >= 0.3 is 0 Å². The van der Waals surface area contributed by atoms with Crippen LogP contribution in [0.5, 0.6) is 17.2 Å². The molecule has 3 aromatic carbocycles. The maximum absolute atomic E-state index is 12.9. The van der Waals surface area contributed by atoms with Crippen molar-refractivity contribution in [3.63, 3.8) is 0 Å². The Balaban J connectivity index is 1.42. The van der Waals surface area contributed by atoms with Crippen LogP contribution in [-0.2, 0) is 11.2 Å². The zero-order chi connectivity index (χ0) is 26.6. The van der Waals surface area contributed by atoms with Crippen LogP contribution in [0.2, 0.25) is 5.02 Å². The van der Waals surface area contributed by atoms with Crippen molar-refractivity contribution in [1.29, 1.82) is 0 Å². The third-order valence-electron chi connectivity index (χ3n) is 6.52. The number of carbonyl (C=O) groups is 1. The molecular weight excluding hydrogens is 506 g/mol. The van der Waals surface area contributed by atoms with E-state index in [1.165, 1.54) is 0 Å². The van der Waals surface area contributed by atoms with Gasteiger partial charge in [0, 0.05) is 10.6 Å². The molecule has 0 radical (unpaired) electrons. The van der Waals surface area contributed by atoms with Gasteiger partial charge in [0.15, 0.2) is 11.5 Å². The Morgan fingerprint density at radius 3 is 2.47 bits per heavy atom. The number of hydrogen-bond donors (Lipinski definition) is 2. The van der Waals surface area contributed by atoms with Crippen LogP contribution in [0.15, 0.2) is 66.7 Å². The van der Waals surface area contributed by atoms with Crippen molar-refractivity contribution < 1.29 is 19.0 Å². The van der Waals surface area contributed by atoms with E-state index in [0.29, 0.717) is 28.9 Å². The number of amides is 1. The van der Waals surface area contributed by atoms with Gasteiger partial charge in [-0.1, -0.05) is 48.0 Å². The van der Waals surface area contributed by atoms with E-state index in [1.807, 2.05) is 54.6 Å². The van der Waals surface area contributed by atoms with Gasteiger partial charge in [-0.2, -0.15) is 4.98 Å². The summed E-state index contributed by atoms with van der Waals surface area (Å²) in [5.41, 5.74) is 2.82. The minimum atomic E-state index is -0.247. The molecule has 38 heavy (non-hydrogen) atoms. The van der Waals surface area contributed by atoms with E-state index in [2.05, 4.69) is 20.7 Å². The average Bonchev–Trinajstić information content (AvgIpc) is 3.34. The summed E-state index contributed by atoms with van der Waals surface area (Å²) in [5, 5.41) is 11.6. The molecule has 0 bridgehead atoms. The van der Waals surface area contributed by atoms with E-state index >= 15 is 0 Å². The smallest absolute Gasteiger partial charge is 0.250 e. The largest absolute Gasteiger partial charge is 0.496 e. The molecule has 2 N–H and O–H groups in total. The molecule has 5 rings (SSSR count). The maximum Gasteiger partial charge on any atom is 0.250 e. The molecule has 10 heteroatoms. The number of anilines is 2. The topological polar surface area (TPSA) is 99.5 Å². The Kier molecular flexibility index (Phi) is 7.37. The molecule has 4 aromatic rings. The number of methoxy groups -OCH3 is 3. The number of ether oxygens (including phenoxy) is 3. The molecule has 9 nitrogen and oxygen atoms in total. The molecule has 1 aliphatic rings. The fraction of sp³-hybridized carbons (Fsp3) is 0.250. The van der Waals surface area contributed by atoms with Gasteiger partial charge in [-0.25, -0.2) is 4.68 Å². The van der Waals surface area contributed by atoms with E-state index in [4.69, 9.17) is 25.8 Å². The van der Waals surface area contributed by atoms with Crippen molar-refractivity contribution in [3.05, 3.63) is 88.4 Å². The van der Waals surface area contributed by atoms with Gasteiger partial charge in [0.1, 0.15) is 5.75 Å². The second-order valence-corrected chi connectivity index (χ2v) is 9.30. The maximum atomic E-state index is 12.9. The van der Waals surface area contributed by atoms with Crippen LogP contribution in [-0.4, -0.2) is 42.0 Å². The number of aromatic nitrogens is 3. The summed E-state index contributed by atoms with van der Waals surface area (Å²) in [6.45, 7) is 0. The van der Waals surface area contributed by atoms with Gasteiger partial charge < -0.3 is 19.5 Å². The van der Waals surface area contributed by atoms with Crippen LogP contribution in [0, 0.1) is 0 Å². The number of benzene rings is 3. The summed E-state index contributed by atoms with van der Waals surface area (Å²) in [7, 11) is 4.78. The molecule has 1 aromatic heterocycles. The number of carbonyl (C=O) groups excluding carboxylic acids is 1. The molecule has 0 saturated carbocycles. The molecule has 2 atom stereocenters. The van der Waals surface area contributed by atoms with Crippen LogP contribution < -0.4 is 24.8 Å². The summed E-state index contributed by atoms with van der Waals surface area (Å²) in [4.78, 5) is 17.5. The number of nitrogens with zero attached hydrogens (tertiary/aromatic N) is 3. The molecule has 0 fully saturated rings. The zero-order valence-electron chi connectivity index (χ0n) is 21.3. The summed E-state index contributed by atoms with van der Waals surface area (Å²) in [6.07, 6.45) is 0.818. The van der Waals surface area contributed by atoms with E-state index in [9.17, 15) is 4.79 Å². The fourth-order valence-electron chi connectivity index (χ4n) is 4.69. The van der Waals surface area contributed by atoms with Crippen LogP contribution >= 0.6 is 11.6 Å². The van der Waals surface area contributed by atoms with Crippen LogP contribution in [0.4, 0.5) is 11.9 Å². The predicted octanol–water partition coefficient (Wildman–Crippen LogP) is 5.28. The molecule has 0 aliphatic carbocycles. The first-order valence-electron chi connectivity index (χ1n) is 12.1. The quantitative estimate of drug-likeness (QED) is 0.317. The number of para-hydroxylation sites is 1. The molecule has 2 unspecified atom stereocenters. The Morgan fingerprint density at radius 2 is 1.74 bits per heavy atom. The molecule has 2 heterocycles. The van der Waals surface area contributed by atoms with Gasteiger partial charge in [0.25, 0.3) is 5.95 Å². The van der Waals surface area contributed by atoms with Crippen molar-refractivity contribution in [2.24, 2.45) is 0 Å². The van der Waals surface area contributed by atoms with Crippen molar-refractivity contribution >= 4 is 29.4 Å². The highest BCUT2D eigenvalue weighted by Crippen LogP contribution is 2.41. The fourth-order valence-corrected chi connectivity index (χ4v) is 4.82. The number of halogens is 1. The Hall–Kier alpha value is -4.24.